The molecule has 1 aromatic rings. The predicted molar refractivity (Wildman–Crippen MR) is 46.2 cm³/mol. The van der Waals surface area contributed by atoms with Crippen LogP contribution in [-0.2, 0) is 17.8 Å². The van der Waals surface area contributed by atoms with Crippen LogP contribution < -0.4 is 0 Å². The third-order valence-electron chi connectivity index (χ3n) is 1.45. The Morgan fingerprint density at radius 3 is 2.92 bits per heavy atom. The lowest BCUT2D eigenvalue weighted by molar-refractivity contribution is -0.136. The van der Waals surface area contributed by atoms with Gasteiger partial charge in [0, 0.05) is 6.54 Å². The summed E-state index contributed by atoms with van der Waals surface area (Å²) in [6, 6.07) is 0. The highest BCUT2D eigenvalue weighted by molar-refractivity contribution is 5.68. The van der Waals surface area contributed by atoms with E-state index >= 15 is 0 Å². The SMILES string of the molecule is CC(C)Cn1cnc(CC(=O)O)n1. The van der Waals surface area contributed by atoms with E-state index in [1.807, 2.05) is 0 Å². The lowest BCUT2D eigenvalue weighted by atomic mass is 10.2. The number of aromatic nitrogens is 3. The molecule has 5 nitrogen and oxygen atoms in total. The predicted octanol–water partition coefficient (Wildman–Crippen LogP) is 0.561. The second-order valence-corrected chi connectivity index (χ2v) is 3.35. The van der Waals surface area contributed by atoms with Crippen molar-refractivity contribution in [2.45, 2.75) is 26.8 Å². The number of carboxylic acid groups (broad SMARTS) is 1. The molecule has 0 aliphatic heterocycles. The summed E-state index contributed by atoms with van der Waals surface area (Å²) in [5.41, 5.74) is 0. The molecule has 0 aliphatic rings. The first kappa shape index (κ1) is 9.70. The van der Waals surface area contributed by atoms with Crippen LogP contribution in [0.4, 0.5) is 0 Å². The maximum atomic E-state index is 10.3. The van der Waals surface area contributed by atoms with Gasteiger partial charge in [0.15, 0.2) is 5.82 Å². The fourth-order valence-corrected chi connectivity index (χ4v) is 1.01. The molecule has 13 heavy (non-hydrogen) atoms. The van der Waals surface area contributed by atoms with Gasteiger partial charge in [-0.15, -0.1) is 0 Å². The topological polar surface area (TPSA) is 68.0 Å². The van der Waals surface area contributed by atoms with Crippen molar-refractivity contribution in [2.75, 3.05) is 0 Å². The van der Waals surface area contributed by atoms with Crippen LogP contribution in [-0.4, -0.2) is 25.8 Å². The molecular formula is C8H13N3O2. The highest BCUT2D eigenvalue weighted by Gasteiger charge is 2.06. The molecular weight excluding hydrogens is 170 g/mol. The number of hydrogen-bond donors (Lipinski definition) is 1. The second kappa shape index (κ2) is 4.02. The molecule has 0 aliphatic carbocycles. The van der Waals surface area contributed by atoms with Crippen molar-refractivity contribution in [1.29, 1.82) is 0 Å². The number of carboxylic acids is 1. The van der Waals surface area contributed by atoms with Gasteiger partial charge in [-0.05, 0) is 5.92 Å². The van der Waals surface area contributed by atoms with Crippen LogP contribution >= 0.6 is 0 Å². The largest absolute Gasteiger partial charge is 0.481 e. The molecule has 0 amide bonds. The summed E-state index contributed by atoms with van der Waals surface area (Å²) in [5, 5.41) is 12.5. The Morgan fingerprint density at radius 2 is 2.38 bits per heavy atom. The molecule has 0 atom stereocenters. The maximum absolute atomic E-state index is 10.3. The first-order chi connectivity index (χ1) is 6.08. The van der Waals surface area contributed by atoms with E-state index in [1.165, 1.54) is 0 Å². The van der Waals surface area contributed by atoms with E-state index < -0.39 is 5.97 Å². The Labute approximate surface area is 76.4 Å². The first-order valence-electron chi connectivity index (χ1n) is 4.18. The molecule has 0 saturated carbocycles. The van der Waals surface area contributed by atoms with Crippen LogP contribution in [0.15, 0.2) is 6.33 Å². The fraction of sp³-hybridized carbons (Fsp3) is 0.625. The van der Waals surface area contributed by atoms with E-state index in [0.717, 1.165) is 6.54 Å². The van der Waals surface area contributed by atoms with Gasteiger partial charge < -0.3 is 5.11 Å². The van der Waals surface area contributed by atoms with Crippen LogP contribution in [0.1, 0.15) is 19.7 Å². The molecule has 0 aromatic carbocycles. The Balaban J connectivity index is 2.58. The molecule has 1 aromatic heterocycles. The Hall–Kier alpha value is -1.39. The van der Waals surface area contributed by atoms with Gasteiger partial charge in [0.05, 0.1) is 0 Å². The van der Waals surface area contributed by atoms with Crippen LogP contribution in [0.2, 0.25) is 0 Å². The molecule has 1 rings (SSSR count). The molecule has 0 fully saturated rings. The monoisotopic (exact) mass is 183 g/mol. The zero-order valence-electron chi connectivity index (χ0n) is 7.77. The van der Waals surface area contributed by atoms with E-state index in [4.69, 9.17) is 5.11 Å². The van der Waals surface area contributed by atoms with Gasteiger partial charge in [0.2, 0.25) is 0 Å². The molecule has 5 heteroatoms. The van der Waals surface area contributed by atoms with Crippen molar-refractivity contribution >= 4 is 5.97 Å². The normalized spacial score (nSPS) is 10.7. The minimum absolute atomic E-state index is 0.106. The Bertz CT molecular complexity index is 293. The number of rotatable bonds is 4. The summed E-state index contributed by atoms with van der Waals surface area (Å²) in [6.07, 6.45) is 1.46. The molecule has 1 N–H and O–H groups in total. The molecule has 1 heterocycles. The van der Waals surface area contributed by atoms with Crippen LogP contribution in [0.3, 0.4) is 0 Å². The molecule has 0 saturated heterocycles. The standard InChI is InChI=1S/C8H13N3O2/c1-6(2)4-11-5-9-7(10-11)3-8(12)13/h5-6H,3-4H2,1-2H3,(H,12,13). The summed E-state index contributed by atoms with van der Waals surface area (Å²) in [6.45, 7) is 4.91. The third-order valence-corrected chi connectivity index (χ3v) is 1.45. The van der Waals surface area contributed by atoms with E-state index in [-0.39, 0.29) is 6.42 Å². The van der Waals surface area contributed by atoms with Crippen molar-refractivity contribution in [2.24, 2.45) is 5.92 Å². The molecule has 0 bridgehead atoms. The van der Waals surface area contributed by atoms with E-state index in [2.05, 4.69) is 23.9 Å². The highest BCUT2D eigenvalue weighted by atomic mass is 16.4. The van der Waals surface area contributed by atoms with Gasteiger partial charge in [0.1, 0.15) is 12.7 Å². The molecule has 0 radical (unpaired) electrons. The van der Waals surface area contributed by atoms with Crippen LogP contribution in [0.5, 0.6) is 0 Å². The zero-order valence-corrected chi connectivity index (χ0v) is 7.77. The summed E-state index contributed by atoms with van der Waals surface area (Å²) in [7, 11) is 0. The quantitative estimate of drug-likeness (QED) is 0.740. The van der Waals surface area contributed by atoms with Crippen molar-refractivity contribution < 1.29 is 9.90 Å². The zero-order chi connectivity index (χ0) is 9.84. The number of aliphatic carboxylic acids is 1. The van der Waals surface area contributed by atoms with Crippen molar-refractivity contribution in [3.63, 3.8) is 0 Å². The van der Waals surface area contributed by atoms with Crippen molar-refractivity contribution in [3.8, 4) is 0 Å². The van der Waals surface area contributed by atoms with E-state index in [0.29, 0.717) is 11.7 Å². The molecule has 0 unspecified atom stereocenters. The molecule has 72 valence electrons. The average molecular weight is 183 g/mol. The lowest BCUT2D eigenvalue weighted by Crippen LogP contribution is -2.07. The smallest absolute Gasteiger partial charge is 0.311 e. The van der Waals surface area contributed by atoms with Gasteiger partial charge in [0.25, 0.3) is 0 Å². The van der Waals surface area contributed by atoms with Gasteiger partial charge in [-0.3, -0.25) is 9.48 Å². The highest BCUT2D eigenvalue weighted by Crippen LogP contribution is 1.98. The van der Waals surface area contributed by atoms with E-state index in [9.17, 15) is 4.79 Å². The summed E-state index contributed by atoms with van der Waals surface area (Å²) < 4.78 is 1.67. The average Bonchev–Trinajstić information content (AvgIpc) is 2.33. The van der Waals surface area contributed by atoms with Gasteiger partial charge in [-0.25, -0.2) is 4.98 Å². The Kier molecular flexibility index (Phi) is 3.00. The third kappa shape index (κ3) is 3.23. The first-order valence-corrected chi connectivity index (χ1v) is 4.18. The number of nitrogens with zero attached hydrogens (tertiary/aromatic N) is 3. The summed E-state index contributed by atoms with van der Waals surface area (Å²) in [4.78, 5) is 14.2. The van der Waals surface area contributed by atoms with Crippen LogP contribution in [0, 0.1) is 5.92 Å². The maximum Gasteiger partial charge on any atom is 0.311 e. The van der Waals surface area contributed by atoms with Gasteiger partial charge in [-0.2, -0.15) is 5.10 Å². The molecule has 0 spiro atoms. The second-order valence-electron chi connectivity index (χ2n) is 3.35. The fourth-order valence-electron chi connectivity index (χ4n) is 1.01. The van der Waals surface area contributed by atoms with Crippen molar-refractivity contribution in [1.82, 2.24) is 14.8 Å². The summed E-state index contributed by atoms with van der Waals surface area (Å²) in [5.74, 6) is -0.0465. The summed E-state index contributed by atoms with van der Waals surface area (Å²) >= 11 is 0. The van der Waals surface area contributed by atoms with Gasteiger partial charge in [-0.1, -0.05) is 13.8 Å². The Morgan fingerprint density at radius 1 is 1.69 bits per heavy atom. The van der Waals surface area contributed by atoms with E-state index in [1.54, 1.807) is 11.0 Å². The minimum atomic E-state index is -0.901. The number of hydrogen-bond acceptors (Lipinski definition) is 3. The lowest BCUT2D eigenvalue weighted by Gasteiger charge is -2.02. The minimum Gasteiger partial charge on any atom is -0.481 e. The van der Waals surface area contributed by atoms with Gasteiger partial charge >= 0.3 is 5.97 Å². The van der Waals surface area contributed by atoms with Crippen molar-refractivity contribution in [3.05, 3.63) is 12.2 Å². The van der Waals surface area contributed by atoms with Crippen LogP contribution in [0.25, 0.3) is 0 Å². The number of carbonyl (C=O) groups is 1.